The standard InChI is InChI=1S/C18H42O7Si2/c1-8-18(17-19,13-9-11-15-26(20-2,21-3)22-4)14-10-12-16-27(23-5,24-6)25-7/h19H,8-17H2,1-7H3. The SMILES string of the molecule is CCC(CO)(CCCC[Si](OC)(OC)OC)CCCC[Si](OC)(OC)OC. The molecule has 9 heteroatoms. The van der Waals surface area contributed by atoms with Crippen molar-refractivity contribution in [3.05, 3.63) is 0 Å². The summed E-state index contributed by atoms with van der Waals surface area (Å²) in [5, 5.41) is 10.0. The second-order valence-corrected chi connectivity index (χ2v) is 13.2. The Morgan fingerprint density at radius 1 is 0.630 bits per heavy atom. The molecule has 0 amide bonds. The highest BCUT2D eigenvalue weighted by Gasteiger charge is 2.38. The van der Waals surface area contributed by atoms with Crippen LogP contribution in [0.15, 0.2) is 0 Å². The molecule has 0 aromatic carbocycles. The lowest BCUT2D eigenvalue weighted by Crippen LogP contribution is -2.42. The van der Waals surface area contributed by atoms with Crippen LogP contribution in [-0.4, -0.2) is 72.0 Å². The maximum atomic E-state index is 10.0. The first kappa shape index (κ1) is 27.2. The molecule has 0 unspecified atom stereocenters. The summed E-state index contributed by atoms with van der Waals surface area (Å²) in [4.78, 5) is 0. The zero-order valence-electron chi connectivity index (χ0n) is 18.5. The van der Waals surface area contributed by atoms with E-state index in [1.165, 1.54) is 0 Å². The Kier molecular flexibility index (Phi) is 14.3. The third-order valence-electron chi connectivity index (χ3n) is 5.83. The van der Waals surface area contributed by atoms with Gasteiger partial charge in [-0.25, -0.2) is 0 Å². The molecular formula is C18H42O7Si2. The van der Waals surface area contributed by atoms with Crippen molar-refractivity contribution < 1.29 is 31.7 Å². The van der Waals surface area contributed by atoms with Gasteiger partial charge in [-0.2, -0.15) is 0 Å². The van der Waals surface area contributed by atoms with Gasteiger partial charge in [0.05, 0.1) is 0 Å². The molecule has 0 aromatic heterocycles. The van der Waals surface area contributed by atoms with Crippen molar-refractivity contribution in [2.24, 2.45) is 5.41 Å². The lowest BCUT2D eigenvalue weighted by Gasteiger charge is -2.32. The van der Waals surface area contributed by atoms with Gasteiger partial charge >= 0.3 is 17.6 Å². The zero-order chi connectivity index (χ0) is 20.8. The van der Waals surface area contributed by atoms with Gasteiger partial charge in [-0.1, -0.05) is 19.8 Å². The van der Waals surface area contributed by atoms with Gasteiger partial charge in [0.15, 0.2) is 0 Å². The van der Waals surface area contributed by atoms with Gasteiger partial charge in [0.1, 0.15) is 0 Å². The summed E-state index contributed by atoms with van der Waals surface area (Å²) in [6.07, 6.45) is 6.92. The molecule has 0 aromatic rings. The fourth-order valence-electron chi connectivity index (χ4n) is 3.54. The fourth-order valence-corrected chi connectivity index (χ4v) is 7.13. The molecule has 27 heavy (non-hydrogen) atoms. The molecule has 0 fully saturated rings. The van der Waals surface area contributed by atoms with E-state index in [1.807, 2.05) is 0 Å². The Morgan fingerprint density at radius 2 is 0.963 bits per heavy atom. The molecular weight excluding hydrogens is 384 g/mol. The van der Waals surface area contributed by atoms with E-state index in [-0.39, 0.29) is 12.0 Å². The minimum atomic E-state index is -2.50. The third kappa shape index (κ3) is 8.59. The average molecular weight is 427 g/mol. The predicted molar refractivity (Wildman–Crippen MR) is 111 cm³/mol. The normalized spacial score (nSPS) is 13.3. The maximum absolute atomic E-state index is 10.0. The van der Waals surface area contributed by atoms with Gasteiger partial charge < -0.3 is 31.7 Å². The molecule has 1 N–H and O–H groups in total. The molecule has 0 bridgehead atoms. The number of hydrogen-bond donors (Lipinski definition) is 1. The van der Waals surface area contributed by atoms with E-state index in [0.717, 1.165) is 57.0 Å². The van der Waals surface area contributed by atoms with Crippen molar-refractivity contribution in [1.29, 1.82) is 0 Å². The summed E-state index contributed by atoms with van der Waals surface area (Å²) in [7, 11) is 4.88. The summed E-state index contributed by atoms with van der Waals surface area (Å²) in [6.45, 7) is 2.37. The largest absolute Gasteiger partial charge is 0.500 e. The third-order valence-corrected chi connectivity index (χ3v) is 11.5. The van der Waals surface area contributed by atoms with E-state index in [1.54, 1.807) is 42.7 Å². The number of hydrogen-bond acceptors (Lipinski definition) is 7. The van der Waals surface area contributed by atoms with Crippen LogP contribution in [0.3, 0.4) is 0 Å². The molecule has 0 aliphatic rings. The van der Waals surface area contributed by atoms with Crippen molar-refractivity contribution in [3.8, 4) is 0 Å². The topological polar surface area (TPSA) is 75.6 Å². The monoisotopic (exact) mass is 426 g/mol. The molecule has 0 radical (unpaired) electrons. The summed E-state index contributed by atoms with van der Waals surface area (Å²) >= 11 is 0. The van der Waals surface area contributed by atoms with Gasteiger partial charge in [-0.15, -0.1) is 0 Å². The van der Waals surface area contributed by atoms with Crippen LogP contribution in [0, 0.1) is 5.41 Å². The van der Waals surface area contributed by atoms with Crippen molar-refractivity contribution in [3.63, 3.8) is 0 Å². The van der Waals surface area contributed by atoms with Gasteiger partial charge in [0, 0.05) is 61.4 Å². The summed E-state index contributed by atoms with van der Waals surface area (Å²) in [6, 6.07) is 1.59. The fraction of sp³-hybridized carbons (Fsp3) is 1.00. The van der Waals surface area contributed by atoms with E-state index in [2.05, 4.69) is 6.92 Å². The van der Waals surface area contributed by atoms with E-state index in [0.29, 0.717) is 0 Å². The quantitative estimate of drug-likeness (QED) is 0.266. The van der Waals surface area contributed by atoms with Crippen LogP contribution in [0.5, 0.6) is 0 Å². The van der Waals surface area contributed by atoms with E-state index >= 15 is 0 Å². The highest BCUT2D eigenvalue weighted by molar-refractivity contribution is 6.60. The predicted octanol–water partition coefficient (Wildman–Crippen LogP) is 3.47. The lowest BCUT2D eigenvalue weighted by molar-refractivity contribution is 0.0913. The average Bonchev–Trinajstić information content (AvgIpc) is 2.73. The van der Waals surface area contributed by atoms with Crippen LogP contribution < -0.4 is 0 Å². The highest BCUT2D eigenvalue weighted by Crippen LogP contribution is 2.35. The molecule has 0 saturated heterocycles. The van der Waals surface area contributed by atoms with Crippen LogP contribution in [0.4, 0.5) is 0 Å². The molecule has 0 aliphatic heterocycles. The molecule has 0 aliphatic carbocycles. The summed E-state index contributed by atoms with van der Waals surface area (Å²) in [5.74, 6) is 0. The van der Waals surface area contributed by atoms with E-state index in [9.17, 15) is 5.11 Å². The first-order valence-electron chi connectivity index (χ1n) is 9.82. The number of unbranched alkanes of at least 4 members (excludes halogenated alkanes) is 2. The minimum Gasteiger partial charge on any atom is -0.396 e. The Labute approximate surface area is 168 Å². The Morgan fingerprint density at radius 3 is 1.19 bits per heavy atom. The molecule has 0 saturated carbocycles. The Bertz CT molecular complexity index is 313. The van der Waals surface area contributed by atoms with E-state index < -0.39 is 17.6 Å². The van der Waals surface area contributed by atoms with Crippen LogP contribution >= 0.6 is 0 Å². The Balaban J connectivity index is 4.47. The van der Waals surface area contributed by atoms with Crippen molar-refractivity contribution in [1.82, 2.24) is 0 Å². The minimum absolute atomic E-state index is 0.0329. The van der Waals surface area contributed by atoms with Crippen molar-refractivity contribution >= 4 is 17.6 Å². The summed E-state index contributed by atoms with van der Waals surface area (Å²) in [5.41, 5.74) is -0.0329. The van der Waals surface area contributed by atoms with Crippen molar-refractivity contribution in [2.45, 2.75) is 64.0 Å². The first-order chi connectivity index (χ1) is 12.9. The number of aliphatic hydroxyl groups is 1. The molecule has 0 atom stereocenters. The van der Waals surface area contributed by atoms with Gasteiger partial charge in [0.25, 0.3) is 0 Å². The van der Waals surface area contributed by atoms with Gasteiger partial charge in [-0.3, -0.25) is 0 Å². The second kappa shape index (κ2) is 14.2. The van der Waals surface area contributed by atoms with Crippen molar-refractivity contribution in [2.75, 3.05) is 49.3 Å². The maximum Gasteiger partial charge on any atom is 0.500 e. The molecule has 0 rings (SSSR count). The second-order valence-electron chi connectivity index (χ2n) is 7.02. The lowest BCUT2D eigenvalue weighted by atomic mass is 9.77. The van der Waals surface area contributed by atoms with Crippen LogP contribution in [-0.2, 0) is 26.6 Å². The molecule has 164 valence electrons. The highest BCUT2D eigenvalue weighted by atomic mass is 28.4. The first-order valence-corrected chi connectivity index (χ1v) is 13.7. The van der Waals surface area contributed by atoms with Crippen LogP contribution in [0.25, 0.3) is 0 Å². The number of aliphatic hydroxyl groups excluding tert-OH is 1. The smallest absolute Gasteiger partial charge is 0.396 e. The van der Waals surface area contributed by atoms with E-state index in [4.69, 9.17) is 26.6 Å². The molecule has 0 heterocycles. The molecule has 0 spiro atoms. The molecule has 7 nitrogen and oxygen atoms in total. The van der Waals surface area contributed by atoms with Crippen LogP contribution in [0.1, 0.15) is 51.9 Å². The zero-order valence-corrected chi connectivity index (χ0v) is 20.5. The van der Waals surface area contributed by atoms with Gasteiger partial charge in [-0.05, 0) is 37.5 Å². The van der Waals surface area contributed by atoms with Crippen LogP contribution in [0.2, 0.25) is 12.1 Å². The van der Waals surface area contributed by atoms with Gasteiger partial charge in [0.2, 0.25) is 0 Å². The summed E-state index contributed by atoms with van der Waals surface area (Å²) < 4.78 is 32.9. The number of rotatable bonds is 18. The Hall–Kier alpha value is 0.154.